The van der Waals surface area contributed by atoms with Crippen LogP contribution in [0.2, 0.25) is 0 Å². The van der Waals surface area contributed by atoms with Crippen molar-refractivity contribution in [3.63, 3.8) is 0 Å². The van der Waals surface area contributed by atoms with Gasteiger partial charge in [-0.25, -0.2) is 0 Å². The zero-order valence-corrected chi connectivity index (χ0v) is 22.9. The van der Waals surface area contributed by atoms with Gasteiger partial charge in [-0.05, 0) is 24.3 Å². The third-order valence-electron chi connectivity index (χ3n) is 5.40. The van der Waals surface area contributed by atoms with Gasteiger partial charge in [0.2, 0.25) is 0 Å². The average Bonchev–Trinajstić information content (AvgIpc) is 2.92. The Morgan fingerprint density at radius 3 is 0.971 bits per heavy atom. The summed E-state index contributed by atoms with van der Waals surface area (Å²) in [5, 5.41) is 0. The summed E-state index contributed by atoms with van der Waals surface area (Å²) in [5.74, 6) is 0. The number of rotatable bonds is 5. The first-order valence-electron chi connectivity index (χ1n) is 11.4. The molecule has 171 valence electrons. The molecule has 0 N–H and O–H groups in total. The zero-order chi connectivity index (χ0) is 24.3. The first kappa shape index (κ1) is 24.9. The van der Waals surface area contributed by atoms with E-state index in [9.17, 15) is 0 Å². The van der Waals surface area contributed by atoms with Gasteiger partial charge in [0.15, 0.2) is 0 Å². The molecule has 0 aromatic heterocycles. The van der Waals surface area contributed by atoms with Gasteiger partial charge in [-0.3, -0.25) is 0 Å². The quantitative estimate of drug-likeness (QED) is 0.154. The molecular formula is C31H25GeNS2-. The van der Waals surface area contributed by atoms with Crippen LogP contribution in [0.3, 0.4) is 0 Å². The predicted molar refractivity (Wildman–Crippen MR) is 159 cm³/mol. The zero-order valence-electron chi connectivity index (χ0n) is 19.2. The van der Waals surface area contributed by atoms with Crippen LogP contribution in [-0.4, -0.2) is 18.7 Å². The van der Waals surface area contributed by atoms with Crippen molar-refractivity contribution in [1.82, 2.24) is 0 Å². The number of thiocarbonyl (C=S) groups is 1. The topological polar surface area (TPSA) is 3.24 Å². The molecule has 0 unspecified atom stereocenters. The Morgan fingerprint density at radius 1 is 0.457 bits per heavy atom. The molecule has 4 heteroatoms. The van der Waals surface area contributed by atoms with E-state index in [-0.39, 0.29) is 0 Å². The maximum absolute atomic E-state index is 5.12. The van der Waals surface area contributed by atoms with Crippen LogP contribution in [0, 0.1) is 0 Å². The van der Waals surface area contributed by atoms with Gasteiger partial charge in [-0.1, -0.05) is 40.7 Å². The Hall–Kier alpha value is -3.25. The molecule has 0 saturated heterocycles. The van der Waals surface area contributed by atoms with Crippen LogP contribution in [0.4, 0.5) is 11.4 Å². The van der Waals surface area contributed by atoms with Crippen molar-refractivity contribution in [2.75, 3.05) is 4.90 Å². The van der Waals surface area contributed by atoms with Crippen molar-refractivity contribution in [1.29, 1.82) is 0 Å². The van der Waals surface area contributed by atoms with Crippen molar-refractivity contribution in [2.45, 2.75) is 0 Å². The number of nitrogens with zero attached hydrogens (tertiary/aromatic N) is 1. The minimum atomic E-state index is -1.63. The fourth-order valence-electron chi connectivity index (χ4n) is 3.83. The Kier molecular flexibility index (Phi) is 9.24. The second-order valence-corrected chi connectivity index (χ2v) is 14.0. The third kappa shape index (κ3) is 6.89. The van der Waals surface area contributed by atoms with Crippen LogP contribution in [0.25, 0.3) is 0 Å². The van der Waals surface area contributed by atoms with E-state index in [1.165, 1.54) is 13.2 Å². The molecule has 5 aromatic carbocycles. The van der Waals surface area contributed by atoms with Crippen LogP contribution >= 0.6 is 12.2 Å². The van der Waals surface area contributed by atoms with E-state index < -0.39 is 14.3 Å². The molecular weight excluding hydrogens is 523 g/mol. The predicted octanol–water partition coefficient (Wildman–Crippen LogP) is 5.86. The van der Waals surface area contributed by atoms with Gasteiger partial charge >= 0.3 is 119 Å². The number of hydrogen-bond donors (Lipinski definition) is 0. The molecule has 5 rings (SSSR count). The molecule has 0 saturated carbocycles. The Labute approximate surface area is 223 Å². The molecule has 0 aliphatic heterocycles. The van der Waals surface area contributed by atoms with Crippen molar-refractivity contribution in [3.05, 3.63) is 152 Å². The summed E-state index contributed by atoms with van der Waals surface area (Å²) in [6.45, 7) is 0. The van der Waals surface area contributed by atoms with E-state index >= 15 is 0 Å². The van der Waals surface area contributed by atoms with E-state index in [1.54, 1.807) is 0 Å². The normalized spacial score (nSPS) is 10.2. The Morgan fingerprint density at radius 2 is 0.714 bits per heavy atom. The summed E-state index contributed by atoms with van der Waals surface area (Å²) in [4.78, 5) is 1.88. The van der Waals surface area contributed by atoms with Crippen molar-refractivity contribution >= 4 is 68.1 Å². The summed E-state index contributed by atoms with van der Waals surface area (Å²) in [6.07, 6.45) is 0. The van der Waals surface area contributed by atoms with Crippen LogP contribution in [-0.2, 0) is 12.6 Å². The first-order chi connectivity index (χ1) is 17.2. The van der Waals surface area contributed by atoms with Gasteiger partial charge < -0.3 is 29.7 Å². The van der Waals surface area contributed by atoms with Gasteiger partial charge in [0.1, 0.15) is 0 Å². The van der Waals surface area contributed by atoms with Gasteiger partial charge in [0.05, 0.1) is 0 Å². The molecule has 0 bridgehead atoms. The summed E-state index contributed by atoms with van der Waals surface area (Å²) < 4.78 is 4.93. The van der Waals surface area contributed by atoms with Crippen molar-refractivity contribution in [3.8, 4) is 0 Å². The average molecular weight is 548 g/mol. The second-order valence-electron chi connectivity index (χ2n) is 7.75. The number of para-hydroxylation sites is 2. The maximum atomic E-state index is 5.12. The molecule has 1 radical (unpaired) electrons. The van der Waals surface area contributed by atoms with Gasteiger partial charge in [-0.2, -0.15) is 0 Å². The Bertz CT molecular complexity index is 1170. The molecule has 0 heterocycles. The van der Waals surface area contributed by atoms with Crippen molar-refractivity contribution in [2.24, 2.45) is 0 Å². The molecule has 0 atom stereocenters. The molecule has 0 amide bonds. The monoisotopic (exact) mass is 549 g/mol. The molecule has 35 heavy (non-hydrogen) atoms. The van der Waals surface area contributed by atoms with Crippen molar-refractivity contribution < 1.29 is 0 Å². The minimum absolute atomic E-state index is 0.428. The van der Waals surface area contributed by atoms with E-state index in [0.717, 1.165) is 11.4 Å². The third-order valence-corrected chi connectivity index (χ3v) is 11.5. The van der Waals surface area contributed by atoms with Crippen LogP contribution < -0.4 is 18.1 Å². The number of benzene rings is 5. The SMILES string of the molecule is S=C([S-])N(c1ccccc1)c1ccccc1.c1cc[c]([Ge]([c]2ccccc2)[c]2ccccc2)cc1. The van der Waals surface area contributed by atoms with Gasteiger partial charge in [0, 0.05) is 11.4 Å². The molecule has 0 aliphatic rings. The second kappa shape index (κ2) is 13.0. The summed E-state index contributed by atoms with van der Waals surface area (Å²) in [5.41, 5.74) is 1.99. The standard InChI is InChI=1S/C18H15Ge.C13H11NS2/c1-4-10-16(11-5-1)19(17-12-6-2-7-13-17)18-14-8-3-9-15-18;15-13(16)14(11-7-3-1-4-8-11)12-9-5-2-6-10-12/h1-15H;1-10H,(H,15,16)/p-1. The van der Waals surface area contributed by atoms with E-state index in [4.69, 9.17) is 24.8 Å². The van der Waals surface area contributed by atoms with Crippen LogP contribution in [0.1, 0.15) is 0 Å². The fourth-order valence-corrected chi connectivity index (χ4v) is 9.66. The van der Waals surface area contributed by atoms with E-state index in [2.05, 4.69) is 91.0 Å². The molecule has 0 spiro atoms. The number of hydrogen-bond acceptors (Lipinski definition) is 2. The summed E-state index contributed by atoms with van der Waals surface area (Å²) >= 11 is 8.61. The molecule has 0 aliphatic carbocycles. The molecule has 5 aromatic rings. The van der Waals surface area contributed by atoms with E-state index in [0.29, 0.717) is 4.32 Å². The van der Waals surface area contributed by atoms with Crippen LogP contribution in [0.15, 0.2) is 152 Å². The van der Waals surface area contributed by atoms with E-state index in [1.807, 2.05) is 65.6 Å². The summed E-state index contributed by atoms with van der Waals surface area (Å²) in [6, 6.07) is 52.6. The number of anilines is 2. The molecule has 1 nitrogen and oxygen atoms in total. The fraction of sp³-hybridized carbons (Fsp3) is 0. The summed E-state index contributed by atoms with van der Waals surface area (Å²) in [7, 11) is 0. The van der Waals surface area contributed by atoms with Gasteiger partial charge in [-0.15, -0.1) is 0 Å². The first-order valence-corrected chi connectivity index (χ1v) is 15.3. The van der Waals surface area contributed by atoms with Gasteiger partial charge in [0.25, 0.3) is 0 Å². The van der Waals surface area contributed by atoms with Crippen LogP contribution in [0.5, 0.6) is 0 Å². The Balaban J connectivity index is 0.000000168. The molecule has 0 fully saturated rings.